The van der Waals surface area contributed by atoms with Crippen molar-refractivity contribution in [1.82, 2.24) is 4.98 Å². The van der Waals surface area contributed by atoms with E-state index in [0.29, 0.717) is 23.1 Å². The van der Waals surface area contributed by atoms with Crippen molar-refractivity contribution < 1.29 is 18.6 Å². The first kappa shape index (κ1) is 15.0. The summed E-state index contributed by atoms with van der Waals surface area (Å²) in [4.78, 5) is 4.41. The lowest BCUT2D eigenvalue weighted by Gasteiger charge is -2.11. The van der Waals surface area contributed by atoms with Gasteiger partial charge in [-0.1, -0.05) is 12.1 Å². The zero-order chi connectivity index (χ0) is 16.2. The molecule has 5 nitrogen and oxygen atoms in total. The number of para-hydroxylation sites is 2. The monoisotopic (exact) mass is 311 g/mol. The highest BCUT2D eigenvalue weighted by atomic mass is 16.5. The number of hydrogen-bond donors (Lipinski definition) is 0. The van der Waals surface area contributed by atoms with E-state index in [1.54, 1.807) is 33.5 Å². The molecule has 0 aliphatic heterocycles. The maximum Gasteiger partial charge on any atom is 0.220 e. The molecule has 1 aromatic heterocycles. The van der Waals surface area contributed by atoms with Crippen LogP contribution in [0.5, 0.6) is 17.2 Å². The van der Waals surface area contributed by atoms with Crippen LogP contribution in [0.3, 0.4) is 0 Å². The molecule has 0 fully saturated rings. The molecule has 0 unspecified atom stereocenters. The van der Waals surface area contributed by atoms with Crippen LogP contribution in [0.2, 0.25) is 0 Å². The summed E-state index contributed by atoms with van der Waals surface area (Å²) in [5.74, 6) is 2.45. The predicted octanol–water partition coefficient (Wildman–Crippen LogP) is 4.02. The summed E-state index contributed by atoms with van der Waals surface area (Å²) in [5.41, 5.74) is 2.42. The molecule has 0 aliphatic carbocycles. The van der Waals surface area contributed by atoms with E-state index in [1.807, 2.05) is 36.4 Å². The Hall–Kier alpha value is -2.95. The number of nitrogens with zero attached hydrogens (tertiary/aromatic N) is 1. The largest absolute Gasteiger partial charge is 0.496 e. The Kier molecular flexibility index (Phi) is 4.19. The van der Waals surface area contributed by atoms with Gasteiger partial charge in [0.1, 0.15) is 11.3 Å². The molecule has 0 radical (unpaired) electrons. The van der Waals surface area contributed by atoms with E-state index in [4.69, 9.17) is 18.6 Å². The maximum absolute atomic E-state index is 5.67. The lowest BCUT2D eigenvalue weighted by molar-refractivity contribution is 0.348. The van der Waals surface area contributed by atoms with Crippen molar-refractivity contribution in [1.29, 1.82) is 0 Å². The van der Waals surface area contributed by atoms with Crippen molar-refractivity contribution in [3.05, 3.63) is 47.9 Å². The third-order valence-electron chi connectivity index (χ3n) is 3.45. The molecule has 23 heavy (non-hydrogen) atoms. The van der Waals surface area contributed by atoms with Crippen LogP contribution in [0.1, 0.15) is 11.5 Å². The molecule has 5 heteroatoms. The molecule has 0 spiro atoms. The van der Waals surface area contributed by atoms with Gasteiger partial charge in [0.15, 0.2) is 17.1 Å². The molecule has 2 aromatic carbocycles. The van der Waals surface area contributed by atoms with Gasteiger partial charge in [0.25, 0.3) is 0 Å². The topological polar surface area (TPSA) is 53.7 Å². The fourth-order valence-corrected chi connectivity index (χ4v) is 2.31. The van der Waals surface area contributed by atoms with E-state index in [1.165, 1.54) is 0 Å². The number of methoxy groups -OCH3 is 3. The Morgan fingerprint density at radius 3 is 2.26 bits per heavy atom. The molecule has 0 atom stereocenters. The van der Waals surface area contributed by atoms with Crippen LogP contribution < -0.4 is 14.2 Å². The molecule has 0 N–H and O–H groups in total. The molecule has 0 aliphatic rings. The van der Waals surface area contributed by atoms with Crippen LogP contribution in [0.15, 0.2) is 40.8 Å². The van der Waals surface area contributed by atoms with Gasteiger partial charge in [-0.15, -0.1) is 0 Å². The highest BCUT2D eigenvalue weighted by Gasteiger charge is 2.10. The Morgan fingerprint density at radius 1 is 0.870 bits per heavy atom. The summed E-state index contributed by atoms with van der Waals surface area (Å²) in [7, 11) is 4.79. The average molecular weight is 311 g/mol. The fraction of sp³-hybridized carbons (Fsp3) is 0.167. The van der Waals surface area contributed by atoms with Crippen molar-refractivity contribution in [3.63, 3.8) is 0 Å². The first-order valence-corrected chi connectivity index (χ1v) is 7.09. The number of rotatable bonds is 5. The molecule has 0 bridgehead atoms. The van der Waals surface area contributed by atoms with Crippen LogP contribution >= 0.6 is 0 Å². The van der Waals surface area contributed by atoms with E-state index >= 15 is 0 Å². The molecule has 0 saturated heterocycles. The lowest BCUT2D eigenvalue weighted by atomic mass is 10.1. The van der Waals surface area contributed by atoms with Crippen molar-refractivity contribution in [2.75, 3.05) is 21.3 Å². The molecule has 3 aromatic rings. The summed E-state index contributed by atoms with van der Waals surface area (Å²) in [6.45, 7) is 0. The minimum absolute atomic E-state index is 0.531. The number of oxazole rings is 1. The average Bonchev–Trinajstić information content (AvgIpc) is 3.01. The van der Waals surface area contributed by atoms with E-state index in [0.717, 1.165) is 16.7 Å². The highest BCUT2D eigenvalue weighted by Crippen LogP contribution is 2.35. The second-order valence-corrected chi connectivity index (χ2v) is 4.80. The van der Waals surface area contributed by atoms with Crippen molar-refractivity contribution in [2.45, 2.75) is 0 Å². The van der Waals surface area contributed by atoms with Gasteiger partial charge in [-0.05, 0) is 24.3 Å². The third kappa shape index (κ3) is 2.99. The number of aromatic nitrogens is 1. The van der Waals surface area contributed by atoms with Crippen LogP contribution in [0.25, 0.3) is 23.3 Å². The van der Waals surface area contributed by atoms with E-state index in [-0.39, 0.29) is 0 Å². The quantitative estimate of drug-likeness (QED) is 0.712. The van der Waals surface area contributed by atoms with Crippen molar-refractivity contribution in [3.8, 4) is 17.2 Å². The predicted molar refractivity (Wildman–Crippen MR) is 89.0 cm³/mol. The maximum atomic E-state index is 5.67. The van der Waals surface area contributed by atoms with Gasteiger partial charge in [0, 0.05) is 17.7 Å². The summed E-state index contributed by atoms with van der Waals surface area (Å²) >= 11 is 0. The van der Waals surface area contributed by atoms with Gasteiger partial charge in [-0.3, -0.25) is 0 Å². The van der Waals surface area contributed by atoms with Crippen LogP contribution in [-0.2, 0) is 0 Å². The fourth-order valence-electron chi connectivity index (χ4n) is 2.31. The van der Waals surface area contributed by atoms with E-state index in [9.17, 15) is 0 Å². The molecular weight excluding hydrogens is 294 g/mol. The minimum Gasteiger partial charge on any atom is -0.496 e. The zero-order valence-electron chi connectivity index (χ0n) is 13.2. The van der Waals surface area contributed by atoms with Crippen LogP contribution in [0.4, 0.5) is 0 Å². The highest BCUT2D eigenvalue weighted by molar-refractivity contribution is 5.77. The molecular formula is C18H17NO4. The Morgan fingerprint density at radius 2 is 1.57 bits per heavy atom. The molecule has 1 heterocycles. The van der Waals surface area contributed by atoms with E-state index in [2.05, 4.69) is 4.98 Å². The molecule has 3 rings (SSSR count). The Labute approximate surface area is 134 Å². The van der Waals surface area contributed by atoms with Gasteiger partial charge >= 0.3 is 0 Å². The second-order valence-electron chi connectivity index (χ2n) is 4.80. The van der Waals surface area contributed by atoms with Gasteiger partial charge in [-0.2, -0.15) is 0 Å². The minimum atomic E-state index is 0.531. The third-order valence-corrected chi connectivity index (χ3v) is 3.45. The lowest BCUT2D eigenvalue weighted by Crippen LogP contribution is -1.94. The first-order chi connectivity index (χ1) is 11.2. The zero-order valence-corrected chi connectivity index (χ0v) is 13.2. The normalized spacial score (nSPS) is 11.1. The van der Waals surface area contributed by atoms with Gasteiger partial charge in [-0.25, -0.2) is 4.98 Å². The summed E-state index contributed by atoms with van der Waals surface area (Å²) in [6.07, 6.45) is 3.66. The smallest absolute Gasteiger partial charge is 0.220 e. The number of hydrogen-bond acceptors (Lipinski definition) is 5. The number of fused-ring (bicyclic) bond motifs is 1. The number of ether oxygens (including phenoxy) is 3. The first-order valence-electron chi connectivity index (χ1n) is 7.09. The summed E-state index contributed by atoms with van der Waals surface area (Å²) in [6, 6.07) is 11.3. The molecule has 0 amide bonds. The van der Waals surface area contributed by atoms with Gasteiger partial charge in [0.2, 0.25) is 5.89 Å². The second kappa shape index (κ2) is 6.44. The Bertz CT molecular complexity index is 818. The number of benzene rings is 2. The molecule has 118 valence electrons. The summed E-state index contributed by atoms with van der Waals surface area (Å²) in [5, 5.41) is 0. The summed E-state index contributed by atoms with van der Waals surface area (Å²) < 4.78 is 21.7. The van der Waals surface area contributed by atoms with Crippen molar-refractivity contribution in [2.24, 2.45) is 0 Å². The standard InChI is InChI=1S/C18H17NO4/c1-20-15-11-17(22-3)16(21-2)10-12(15)8-9-18-19-13-6-4-5-7-14(13)23-18/h4-11H,1-3H3/b9-8+. The van der Waals surface area contributed by atoms with Gasteiger partial charge < -0.3 is 18.6 Å². The van der Waals surface area contributed by atoms with Crippen LogP contribution in [-0.4, -0.2) is 26.3 Å². The SMILES string of the molecule is COc1cc(OC)c(OC)cc1/C=C/c1nc2ccccc2o1. The molecule has 0 saturated carbocycles. The van der Waals surface area contributed by atoms with Crippen molar-refractivity contribution >= 4 is 23.3 Å². The van der Waals surface area contributed by atoms with Crippen LogP contribution in [0, 0.1) is 0 Å². The Balaban J connectivity index is 1.97. The van der Waals surface area contributed by atoms with E-state index < -0.39 is 0 Å². The van der Waals surface area contributed by atoms with Gasteiger partial charge in [0.05, 0.1) is 21.3 Å².